The van der Waals surface area contributed by atoms with Gasteiger partial charge in [0.1, 0.15) is 5.75 Å². The van der Waals surface area contributed by atoms with Crippen LogP contribution in [-0.2, 0) is 4.79 Å². The molecule has 1 amide bonds. The Balaban J connectivity index is 2.05. The molecule has 1 N–H and O–H groups in total. The molecule has 0 aromatic heterocycles. The molecule has 0 saturated carbocycles. The third-order valence-corrected chi connectivity index (χ3v) is 4.87. The fourth-order valence-corrected chi connectivity index (χ4v) is 2.90. The number of aryl methyl sites for hydroxylation is 5. The van der Waals surface area contributed by atoms with Crippen LogP contribution in [0, 0.1) is 34.6 Å². The third-order valence-electron chi connectivity index (χ3n) is 4.87. The summed E-state index contributed by atoms with van der Waals surface area (Å²) in [7, 11) is 0. The molecule has 0 fully saturated rings. The molecule has 134 valence electrons. The summed E-state index contributed by atoms with van der Waals surface area (Å²) in [4.78, 5) is 12.5. The minimum absolute atomic E-state index is 0.0578. The van der Waals surface area contributed by atoms with Crippen molar-refractivity contribution in [1.82, 2.24) is 5.32 Å². The van der Waals surface area contributed by atoms with Crippen LogP contribution < -0.4 is 10.1 Å². The van der Waals surface area contributed by atoms with E-state index in [1.165, 1.54) is 22.3 Å². The second-order valence-corrected chi connectivity index (χ2v) is 7.03. The van der Waals surface area contributed by atoms with Gasteiger partial charge in [-0.15, -0.1) is 0 Å². The van der Waals surface area contributed by atoms with Crippen LogP contribution in [0.25, 0.3) is 0 Å². The maximum atomic E-state index is 12.5. The van der Waals surface area contributed by atoms with Crippen molar-refractivity contribution in [2.75, 3.05) is 0 Å². The molecule has 3 nitrogen and oxygen atoms in total. The van der Waals surface area contributed by atoms with Crippen molar-refractivity contribution in [2.45, 2.75) is 60.6 Å². The van der Waals surface area contributed by atoms with Crippen LogP contribution in [-0.4, -0.2) is 12.0 Å². The van der Waals surface area contributed by atoms with E-state index < -0.39 is 6.10 Å². The van der Waals surface area contributed by atoms with E-state index >= 15 is 0 Å². The number of hydrogen-bond acceptors (Lipinski definition) is 2. The lowest BCUT2D eigenvalue weighted by Gasteiger charge is -2.21. The standard InChI is InChI=1S/C22H29NO2/c1-13-8-9-20(11-15(13)3)25-19(7)22(24)23-18(6)21-12-16(4)14(2)10-17(21)5/h8-12,18-19H,1-7H3,(H,23,24)/t18-,19-/m0/s1. The first-order valence-electron chi connectivity index (χ1n) is 8.81. The molecule has 0 spiro atoms. The number of rotatable bonds is 5. The van der Waals surface area contributed by atoms with E-state index in [1.54, 1.807) is 6.92 Å². The Hall–Kier alpha value is -2.29. The van der Waals surface area contributed by atoms with Crippen LogP contribution in [0.2, 0.25) is 0 Å². The van der Waals surface area contributed by atoms with Gasteiger partial charge in [-0.05, 0) is 94.0 Å². The second-order valence-electron chi connectivity index (χ2n) is 7.03. The van der Waals surface area contributed by atoms with Crippen LogP contribution in [0.4, 0.5) is 0 Å². The Morgan fingerprint density at radius 2 is 1.44 bits per heavy atom. The molecule has 0 bridgehead atoms. The molecule has 2 rings (SSSR count). The Kier molecular flexibility index (Phi) is 5.89. The highest BCUT2D eigenvalue weighted by Gasteiger charge is 2.19. The molecule has 25 heavy (non-hydrogen) atoms. The zero-order valence-corrected chi connectivity index (χ0v) is 16.4. The summed E-state index contributed by atoms with van der Waals surface area (Å²) >= 11 is 0. The van der Waals surface area contributed by atoms with Crippen molar-refractivity contribution in [3.63, 3.8) is 0 Å². The normalized spacial score (nSPS) is 13.2. The first-order chi connectivity index (χ1) is 11.7. The van der Waals surface area contributed by atoms with Crippen LogP contribution >= 0.6 is 0 Å². The number of ether oxygens (including phenoxy) is 1. The monoisotopic (exact) mass is 339 g/mol. The summed E-state index contributed by atoms with van der Waals surface area (Å²) in [6, 6.07) is 10.2. The molecule has 2 atom stereocenters. The Labute approximate surface area is 151 Å². The van der Waals surface area contributed by atoms with Gasteiger partial charge in [0.25, 0.3) is 5.91 Å². The molecule has 2 aromatic rings. The van der Waals surface area contributed by atoms with Crippen molar-refractivity contribution in [1.29, 1.82) is 0 Å². The largest absolute Gasteiger partial charge is 0.481 e. The highest BCUT2D eigenvalue weighted by molar-refractivity contribution is 5.81. The smallest absolute Gasteiger partial charge is 0.261 e. The third kappa shape index (κ3) is 4.62. The van der Waals surface area contributed by atoms with Crippen LogP contribution in [0.3, 0.4) is 0 Å². The summed E-state index contributed by atoms with van der Waals surface area (Å²) < 4.78 is 5.81. The molecule has 0 heterocycles. The second kappa shape index (κ2) is 7.73. The van der Waals surface area contributed by atoms with Gasteiger partial charge in [-0.2, -0.15) is 0 Å². The Bertz CT molecular complexity index is 780. The van der Waals surface area contributed by atoms with Gasteiger partial charge in [0.2, 0.25) is 0 Å². The molecule has 0 aliphatic carbocycles. The van der Waals surface area contributed by atoms with Gasteiger partial charge >= 0.3 is 0 Å². The van der Waals surface area contributed by atoms with E-state index in [1.807, 2.05) is 32.0 Å². The summed E-state index contributed by atoms with van der Waals surface area (Å²) in [6.07, 6.45) is -0.545. The quantitative estimate of drug-likeness (QED) is 0.843. The first kappa shape index (κ1) is 19.0. The lowest BCUT2D eigenvalue weighted by Crippen LogP contribution is -2.38. The van der Waals surface area contributed by atoms with Gasteiger partial charge in [0.05, 0.1) is 6.04 Å². The lowest BCUT2D eigenvalue weighted by atomic mass is 9.96. The Morgan fingerprint density at radius 1 is 0.840 bits per heavy atom. The van der Waals surface area contributed by atoms with E-state index in [-0.39, 0.29) is 11.9 Å². The predicted molar refractivity (Wildman–Crippen MR) is 103 cm³/mol. The molecule has 2 aromatic carbocycles. The summed E-state index contributed by atoms with van der Waals surface area (Å²) in [5.74, 6) is 0.615. The number of carbonyl (C=O) groups is 1. The first-order valence-corrected chi connectivity index (χ1v) is 8.81. The minimum atomic E-state index is -0.545. The zero-order valence-electron chi connectivity index (χ0n) is 16.4. The van der Waals surface area contributed by atoms with Crippen molar-refractivity contribution < 1.29 is 9.53 Å². The van der Waals surface area contributed by atoms with Gasteiger partial charge in [0.15, 0.2) is 6.10 Å². The van der Waals surface area contributed by atoms with E-state index in [4.69, 9.17) is 4.74 Å². The maximum Gasteiger partial charge on any atom is 0.261 e. The fourth-order valence-electron chi connectivity index (χ4n) is 2.90. The van der Waals surface area contributed by atoms with Gasteiger partial charge in [-0.25, -0.2) is 0 Å². The topological polar surface area (TPSA) is 38.3 Å². The lowest BCUT2D eigenvalue weighted by molar-refractivity contribution is -0.127. The highest BCUT2D eigenvalue weighted by Crippen LogP contribution is 2.22. The van der Waals surface area contributed by atoms with Crippen LogP contribution in [0.1, 0.15) is 53.3 Å². The molecule has 0 saturated heterocycles. The van der Waals surface area contributed by atoms with Gasteiger partial charge in [0, 0.05) is 0 Å². The molecule has 0 aliphatic rings. The molecular weight excluding hydrogens is 310 g/mol. The average molecular weight is 339 g/mol. The van der Waals surface area contributed by atoms with Gasteiger partial charge < -0.3 is 10.1 Å². The number of benzene rings is 2. The van der Waals surface area contributed by atoms with E-state index in [0.29, 0.717) is 0 Å². The van der Waals surface area contributed by atoms with Crippen molar-refractivity contribution in [3.8, 4) is 5.75 Å². The average Bonchev–Trinajstić information content (AvgIpc) is 2.54. The maximum absolute atomic E-state index is 12.5. The number of amides is 1. The molecule has 0 radical (unpaired) electrons. The molecule has 0 aliphatic heterocycles. The van der Waals surface area contributed by atoms with Crippen molar-refractivity contribution >= 4 is 5.91 Å². The van der Waals surface area contributed by atoms with Crippen LogP contribution in [0.15, 0.2) is 30.3 Å². The SMILES string of the molecule is Cc1ccc(O[C@@H](C)C(=O)N[C@@H](C)c2cc(C)c(C)cc2C)cc1C. The highest BCUT2D eigenvalue weighted by atomic mass is 16.5. The minimum Gasteiger partial charge on any atom is -0.481 e. The van der Waals surface area contributed by atoms with Gasteiger partial charge in [-0.3, -0.25) is 4.79 Å². The van der Waals surface area contributed by atoms with Gasteiger partial charge in [-0.1, -0.05) is 18.2 Å². The van der Waals surface area contributed by atoms with E-state index in [9.17, 15) is 4.79 Å². The number of carbonyl (C=O) groups excluding carboxylic acids is 1. The number of nitrogens with one attached hydrogen (secondary N) is 1. The van der Waals surface area contributed by atoms with Crippen LogP contribution in [0.5, 0.6) is 5.75 Å². The van der Waals surface area contributed by atoms with E-state index in [0.717, 1.165) is 16.9 Å². The fraction of sp³-hybridized carbons (Fsp3) is 0.409. The summed E-state index contributed by atoms with van der Waals surface area (Å²) in [5, 5.41) is 3.07. The predicted octanol–water partition coefficient (Wildman–Crippen LogP) is 4.87. The molecule has 3 heteroatoms. The van der Waals surface area contributed by atoms with Crippen molar-refractivity contribution in [2.24, 2.45) is 0 Å². The summed E-state index contributed by atoms with van der Waals surface area (Å²) in [6.45, 7) is 14.2. The zero-order chi connectivity index (χ0) is 18.7. The number of hydrogen-bond donors (Lipinski definition) is 1. The Morgan fingerprint density at radius 3 is 2.08 bits per heavy atom. The van der Waals surface area contributed by atoms with Crippen molar-refractivity contribution in [3.05, 3.63) is 63.7 Å². The van der Waals surface area contributed by atoms with E-state index in [2.05, 4.69) is 45.1 Å². The molecular formula is C22H29NO2. The molecule has 0 unspecified atom stereocenters. The summed E-state index contributed by atoms with van der Waals surface area (Å²) in [5.41, 5.74) is 7.22.